The minimum absolute atomic E-state index is 0.0350. The molecule has 1 aromatic carbocycles. The van der Waals surface area contributed by atoms with Crippen molar-refractivity contribution in [3.8, 4) is 29.0 Å². The molecule has 0 atom stereocenters. The number of hydrogen-bond donors (Lipinski definition) is 1. The number of carboxylic acids is 1. The first kappa shape index (κ1) is 32.5. The van der Waals surface area contributed by atoms with Crippen LogP contribution in [0, 0.1) is 35.5 Å². The van der Waals surface area contributed by atoms with Crippen LogP contribution in [0.2, 0.25) is 5.02 Å². The lowest BCUT2D eigenvalue weighted by Crippen LogP contribution is -2.72. The minimum atomic E-state index is -4.19. The summed E-state index contributed by atoms with van der Waals surface area (Å²) in [6, 6.07) is 9.09. The van der Waals surface area contributed by atoms with E-state index < -0.39 is 24.1 Å². The molecule has 5 aromatic rings. The second kappa shape index (κ2) is 12.1. The number of aryl methyl sites for hydroxylation is 1. The second-order valence-corrected chi connectivity index (χ2v) is 13.6. The zero-order valence-electron chi connectivity index (χ0n) is 25.8. The third kappa shape index (κ3) is 5.97. The number of alkyl halides is 3. The molecule has 0 amide bonds. The number of rotatable bonds is 6. The maximum atomic E-state index is 13.9. The number of halogens is 4. The van der Waals surface area contributed by atoms with E-state index in [1.54, 1.807) is 41.5 Å². The Morgan fingerprint density at radius 3 is 2.65 bits per heavy atom. The molecule has 0 radical (unpaired) electrons. The molecule has 0 saturated carbocycles. The van der Waals surface area contributed by atoms with Crippen LogP contribution in [0.4, 0.5) is 19.0 Å². The topological polar surface area (TPSA) is 128 Å². The van der Waals surface area contributed by atoms with Crippen molar-refractivity contribution >= 4 is 55.8 Å². The molecule has 15 heteroatoms. The van der Waals surface area contributed by atoms with Crippen molar-refractivity contribution in [3.63, 3.8) is 0 Å². The van der Waals surface area contributed by atoms with Crippen molar-refractivity contribution in [2.45, 2.75) is 26.1 Å². The number of thiophene rings is 1. The number of benzene rings is 1. The first-order valence-corrected chi connectivity index (χ1v) is 16.3. The van der Waals surface area contributed by atoms with E-state index in [9.17, 15) is 33.1 Å². The van der Waals surface area contributed by atoms with E-state index in [1.165, 1.54) is 28.3 Å². The molecular weight excluding hydrogens is 679 g/mol. The summed E-state index contributed by atoms with van der Waals surface area (Å²) < 4.78 is 39.9. The molecule has 2 saturated heterocycles. The van der Waals surface area contributed by atoms with Crippen molar-refractivity contribution in [1.82, 2.24) is 24.4 Å². The van der Waals surface area contributed by atoms with Gasteiger partial charge < -0.3 is 14.9 Å². The average Bonchev–Trinajstić information content (AvgIpc) is 3.46. The summed E-state index contributed by atoms with van der Waals surface area (Å²) >= 11 is 7.62. The fourth-order valence-electron chi connectivity index (χ4n) is 6.66. The van der Waals surface area contributed by atoms with E-state index in [4.69, 9.17) is 11.6 Å². The maximum Gasteiger partial charge on any atom is 0.390 e. The quantitative estimate of drug-likeness (QED) is 0.221. The number of nitriles is 1. The van der Waals surface area contributed by atoms with E-state index >= 15 is 0 Å². The molecule has 10 nitrogen and oxygen atoms in total. The molecule has 0 bridgehead atoms. The van der Waals surface area contributed by atoms with Gasteiger partial charge in [-0.2, -0.15) is 18.4 Å². The molecule has 0 unspecified atom stereocenters. The van der Waals surface area contributed by atoms with Crippen LogP contribution in [0.5, 0.6) is 0 Å². The molecule has 7 rings (SSSR count). The number of aromatic carboxylic acids is 1. The summed E-state index contributed by atoms with van der Waals surface area (Å²) in [6.07, 6.45) is -2.04. The predicted molar refractivity (Wildman–Crippen MR) is 179 cm³/mol. The van der Waals surface area contributed by atoms with E-state index in [2.05, 4.69) is 32.9 Å². The average molecular weight is 704 g/mol. The molecule has 2 aliphatic rings. The third-order valence-corrected chi connectivity index (χ3v) is 10.1. The van der Waals surface area contributed by atoms with E-state index in [0.29, 0.717) is 64.2 Å². The summed E-state index contributed by atoms with van der Waals surface area (Å²) in [5.74, 6) is 5.84. The van der Waals surface area contributed by atoms with E-state index in [1.807, 2.05) is 4.90 Å². The Balaban J connectivity index is 1.16. The normalized spacial score (nSPS) is 15.5. The number of likely N-dealkylation sites (tertiary alicyclic amines) is 1. The van der Waals surface area contributed by atoms with E-state index in [-0.39, 0.29) is 40.5 Å². The lowest BCUT2D eigenvalue weighted by molar-refractivity contribution is -0.146. The summed E-state index contributed by atoms with van der Waals surface area (Å²) in [4.78, 5) is 42.5. The minimum Gasteiger partial charge on any atom is -0.478 e. The number of carbonyl (C=O) groups is 1. The van der Waals surface area contributed by atoms with Gasteiger partial charge in [-0.15, -0.1) is 11.3 Å². The van der Waals surface area contributed by atoms with Crippen molar-refractivity contribution in [3.05, 3.63) is 79.9 Å². The fraction of sp³-hybridized carbons (Fsp3) is 0.294. The molecule has 49 heavy (non-hydrogen) atoms. The van der Waals surface area contributed by atoms with Gasteiger partial charge >= 0.3 is 12.1 Å². The highest BCUT2D eigenvalue weighted by Crippen LogP contribution is 2.43. The Morgan fingerprint density at radius 1 is 1.16 bits per heavy atom. The number of pyridine rings is 2. The summed E-state index contributed by atoms with van der Waals surface area (Å²) in [5, 5.41) is 21.9. The number of anilines is 1. The van der Waals surface area contributed by atoms with Crippen LogP contribution in [-0.4, -0.2) is 74.4 Å². The number of aromatic nitrogens is 4. The van der Waals surface area contributed by atoms with Gasteiger partial charge in [0.1, 0.15) is 23.3 Å². The van der Waals surface area contributed by atoms with Gasteiger partial charge in [-0.25, -0.2) is 14.8 Å². The molecule has 0 aliphatic carbocycles. The Hall–Kier alpha value is -5.02. The van der Waals surface area contributed by atoms with Gasteiger partial charge in [-0.1, -0.05) is 23.4 Å². The summed E-state index contributed by atoms with van der Waals surface area (Å²) in [6.45, 7) is 3.73. The Morgan fingerprint density at radius 2 is 1.94 bits per heavy atom. The maximum absolute atomic E-state index is 13.9. The number of carboxylic acid groups (broad SMARTS) is 1. The largest absolute Gasteiger partial charge is 0.478 e. The van der Waals surface area contributed by atoms with Crippen LogP contribution in [0.3, 0.4) is 0 Å². The molecular formula is C34H25ClF3N7O3S. The molecule has 2 aliphatic heterocycles. The van der Waals surface area contributed by atoms with Crippen LogP contribution < -0.4 is 10.5 Å². The monoisotopic (exact) mass is 703 g/mol. The molecule has 1 N–H and O–H groups in total. The van der Waals surface area contributed by atoms with E-state index in [0.717, 1.165) is 5.56 Å². The van der Waals surface area contributed by atoms with Crippen molar-refractivity contribution in [2.75, 3.05) is 37.6 Å². The van der Waals surface area contributed by atoms with Crippen LogP contribution in [0.25, 0.3) is 32.2 Å². The lowest BCUT2D eigenvalue weighted by Gasteiger charge is -2.60. The first-order valence-electron chi connectivity index (χ1n) is 15.1. The third-order valence-electron chi connectivity index (χ3n) is 8.88. The van der Waals surface area contributed by atoms with Crippen molar-refractivity contribution in [1.29, 1.82) is 5.26 Å². The Labute approximate surface area is 286 Å². The van der Waals surface area contributed by atoms with Gasteiger partial charge in [-0.3, -0.25) is 14.3 Å². The summed E-state index contributed by atoms with van der Waals surface area (Å²) in [7, 11) is 0. The molecule has 2 fully saturated rings. The zero-order valence-corrected chi connectivity index (χ0v) is 27.4. The molecule has 1 spiro atoms. The Bertz CT molecular complexity index is 2340. The highest BCUT2D eigenvalue weighted by atomic mass is 35.5. The van der Waals surface area contributed by atoms with Crippen LogP contribution in [-0.2, 0) is 6.54 Å². The number of nitrogens with zero attached hydrogens (tertiary/aromatic N) is 7. The highest BCUT2D eigenvalue weighted by molar-refractivity contribution is 7.18. The highest BCUT2D eigenvalue weighted by Gasteiger charge is 2.52. The van der Waals surface area contributed by atoms with Gasteiger partial charge in [0, 0.05) is 71.4 Å². The zero-order chi connectivity index (χ0) is 34.7. The predicted octanol–water partition coefficient (Wildman–Crippen LogP) is 5.73. The van der Waals surface area contributed by atoms with Gasteiger partial charge in [0.25, 0.3) is 5.56 Å². The number of fused-ring (bicyclic) bond motifs is 2. The van der Waals surface area contributed by atoms with Crippen molar-refractivity contribution < 1.29 is 23.1 Å². The van der Waals surface area contributed by atoms with Crippen LogP contribution in [0.1, 0.15) is 33.7 Å². The first-order chi connectivity index (χ1) is 23.4. The second-order valence-electron chi connectivity index (χ2n) is 12.3. The van der Waals surface area contributed by atoms with Gasteiger partial charge in [0.2, 0.25) is 0 Å². The molecule has 6 heterocycles. The lowest BCUT2D eigenvalue weighted by atomic mass is 9.72. The molecule has 248 valence electrons. The van der Waals surface area contributed by atoms with Gasteiger partial charge in [0.05, 0.1) is 45.8 Å². The standard InChI is InChI=1S/C34H25ClF3N7O3S/c1-19-42-26-13-41-30(44-17-33(18-44)15-43(16-33)10-7-34(36,37)38)24(12-39)27(26)31(46)45(19)9-2-3-20-4-5-21(35)11-23(20)22-6-8-40-28-25(32(47)48)14-49-29(22)28/h4-6,8,11,13-14H,7,9-10,15-18H2,1H3,(H,47,48). The molecule has 4 aromatic heterocycles. The van der Waals surface area contributed by atoms with Crippen LogP contribution in [0.15, 0.2) is 46.8 Å². The van der Waals surface area contributed by atoms with Crippen LogP contribution >= 0.6 is 22.9 Å². The van der Waals surface area contributed by atoms with Crippen molar-refractivity contribution in [2.24, 2.45) is 5.41 Å². The van der Waals surface area contributed by atoms with Gasteiger partial charge in [-0.05, 0) is 31.2 Å². The summed E-state index contributed by atoms with van der Waals surface area (Å²) in [5.41, 5.74) is 2.25. The number of hydrogen-bond acceptors (Lipinski definition) is 9. The fourth-order valence-corrected chi connectivity index (χ4v) is 7.86. The smallest absolute Gasteiger partial charge is 0.390 e. The Kier molecular flexibility index (Phi) is 8.06. The van der Waals surface area contributed by atoms with Gasteiger partial charge in [0.15, 0.2) is 0 Å². The SMILES string of the molecule is Cc1nc2cnc(N3CC4(CN(CCC(F)(F)F)C4)C3)c(C#N)c2c(=O)n1CC#Cc1ccc(Cl)cc1-c1ccnc2c(C(=O)O)csc12.